The van der Waals surface area contributed by atoms with E-state index in [2.05, 4.69) is 5.32 Å². The highest BCUT2D eigenvalue weighted by atomic mass is 35.5. The summed E-state index contributed by atoms with van der Waals surface area (Å²) < 4.78 is 32.6. The number of hydrogen-bond donors (Lipinski definition) is 1. The second-order valence-electron chi connectivity index (χ2n) is 4.60. The fraction of sp³-hybridized carbons (Fsp3) is 0.250. The molecule has 0 heterocycles. The van der Waals surface area contributed by atoms with Gasteiger partial charge in [-0.25, -0.2) is 8.78 Å². The summed E-state index contributed by atoms with van der Waals surface area (Å²) in [7, 11) is 0. The van der Waals surface area contributed by atoms with Gasteiger partial charge in [0.15, 0.2) is 0 Å². The van der Waals surface area contributed by atoms with Crippen molar-refractivity contribution in [2.75, 3.05) is 6.54 Å². The van der Waals surface area contributed by atoms with E-state index in [9.17, 15) is 8.78 Å². The molecule has 0 fully saturated rings. The molecule has 2 nitrogen and oxygen atoms in total. The van der Waals surface area contributed by atoms with Crippen LogP contribution in [0.2, 0.25) is 5.02 Å². The average molecular weight is 312 g/mol. The first kappa shape index (κ1) is 15.7. The Labute approximate surface area is 127 Å². The molecule has 0 aliphatic carbocycles. The van der Waals surface area contributed by atoms with Gasteiger partial charge < -0.3 is 10.1 Å². The van der Waals surface area contributed by atoms with E-state index in [4.69, 9.17) is 16.3 Å². The maximum absolute atomic E-state index is 13.6. The van der Waals surface area contributed by atoms with E-state index in [1.807, 2.05) is 6.92 Å². The van der Waals surface area contributed by atoms with E-state index < -0.39 is 5.82 Å². The van der Waals surface area contributed by atoms with E-state index in [0.717, 1.165) is 12.1 Å². The fourth-order valence-corrected chi connectivity index (χ4v) is 2.09. The molecule has 2 aromatic rings. The number of hydrogen-bond acceptors (Lipinski definition) is 2. The highest BCUT2D eigenvalue weighted by molar-refractivity contribution is 6.30. The van der Waals surface area contributed by atoms with E-state index in [0.29, 0.717) is 22.9 Å². The largest absolute Gasteiger partial charge is 0.489 e. The monoisotopic (exact) mass is 311 g/mol. The maximum Gasteiger partial charge on any atom is 0.129 e. The summed E-state index contributed by atoms with van der Waals surface area (Å²) in [5, 5.41) is 3.54. The molecule has 0 aliphatic rings. The fourth-order valence-electron chi connectivity index (χ4n) is 1.89. The standard InChI is InChI=1S/C16H16ClF2NO/c1-2-20-9-11-5-14(18)8-15(6-11)21-10-12-7-13(17)3-4-16(12)19/h3-8,20H,2,9-10H2,1H3. The average Bonchev–Trinajstić information content (AvgIpc) is 2.45. The Morgan fingerprint density at radius 3 is 2.71 bits per heavy atom. The lowest BCUT2D eigenvalue weighted by Crippen LogP contribution is -2.12. The van der Waals surface area contributed by atoms with Gasteiger partial charge in [-0.2, -0.15) is 0 Å². The molecule has 0 atom stereocenters. The van der Waals surface area contributed by atoms with Crippen LogP contribution in [0.4, 0.5) is 8.78 Å². The molecule has 112 valence electrons. The number of halogens is 3. The van der Waals surface area contributed by atoms with Crippen molar-refractivity contribution in [3.8, 4) is 5.75 Å². The minimum Gasteiger partial charge on any atom is -0.489 e. The predicted octanol–water partition coefficient (Wildman–Crippen LogP) is 4.31. The molecule has 0 unspecified atom stereocenters. The molecule has 5 heteroatoms. The smallest absolute Gasteiger partial charge is 0.129 e. The van der Waals surface area contributed by atoms with Crippen LogP contribution >= 0.6 is 11.6 Å². The third-order valence-electron chi connectivity index (χ3n) is 2.91. The first-order chi connectivity index (χ1) is 10.1. The molecule has 2 rings (SSSR count). The van der Waals surface area contributed by atoms with Gasteiger partial charge in [0, 0.05) is 23.2 Å². The molecule has 0 radical (unpaired) electrons. The number of nitrogens with one attached hydrogen (secondary N) is 1. The van der Waals surface area contributed by atoms with Gasteiger partial charge in [0.25, 0.3) is 0 Å². The minimum absolute atomic E-state index is 0.00348. The third-order valence-corrected chi connectivity index (χ3v) is 3.15. The second-order valence-corrected chi connectivity index (χ2v) is 5.04. The van der Waals surface area contributed by atoms with Crippen molar-refractivity contribution in [3.05, 3.63) is 64.2 Å². The molecule has 0 bridgehead atoms. The van der Waals surface area contributed by atoms with Gasteiger partial charge in [-0.3, -0.25) is 0 Å². The Morgan fingerprint density at radius 1 is 1.14 bits per heavy atom. The molecule has 21 heavy (non-hydrogen) atoms. The predicted molar refractivity (Wildman–Crippen MR) is 79.5 cm³/mol. The van der Waals surface area contributed by atoms with Crippen molar-refractivity contribution in [2.45, 2.75) is 20.1 Å². The van der Waals surface area contributed by atoms with Crippen LogP contribution in [0.1, 0.15) is 18.1 Å². The molecule has 0 aromatic heterocycles. The molecular formula is C16H16ClF2NO. The first-order valence-corrected chi connectivity index (χ1v) is 7.03. The van der Waals surface area contributed by atoms with Crippen LogP contribution in [0.15, 0.2) is 36.4 Å². The zero-order valence-electron chi connectivity index (χ0n) is 11.6. The summed E-state index contributed by atoms with van der Waals surface area (Å²) in [5.74, 6) is -0.419. The highest BCUT2D eigenvalue weighted by Gasteiger charge is 2.06. The normalized spacial score (nSPS) is 10.7. The topological polar surface area (TPSA) is 21.3 Å². The van der Waals surface area contributed by atoms with Crippen LogP contribution in [0.25, 0.3) is 0 Å². The Morgan fingerprint density at radius 2 is 1.95 bits per heavy atom. The van der Waals surface area contributed by atoms with E-state index in [-0.39, 0.29) is 12.4 Å². The molecular weight excluding hydrogens is 296 g/mol. The van der Waals surface area contributed by atoms with E-state index in [1.54, 1.807) is 6.07 Å². The first-order valence-electron chi connectivity index (χ1n) is 6.65. The Kier molecular flexibility index (Phi) is 5.53. The van der Waals surface area contributed by atoms with Gasteiger partial charge in [0.2, 0.25) is 0 Å². The van der Waals surface area contributed by atoms with Crippen molar-refractivity contribution < 1.29 is 13.5 Å². The van der Waals surface area contributed by atoms with Gasteiger partial charge in [-0.05, 0) is 42.4 Å². The van der Waals surface area contributed by atoms with Gasteiger partial charge in [-0.15, -0.1) is 0 Å². The lowest BCUT2D eigenvalue weighted by Gasteiger charge is -2.10. The highest BCUT2D eigenvalue weighted by Crippen LogP contribution is 2.20. The lowest BCUT2D eigenvalue weighted by molar-refractivity contribution is 0.298. The van der Waals surface area contributed by atoms with Gasteiger partial charge in [0.1, 0.15) is 24.0 Å². The van der Waals surface area contributed by atoms with Crippen molar-refractivity contribution in [3.63, 3.8) is 0 Å². The van der Waals surface area contributed by atoms with Gasteiger partial charge >= 0.3 is 0 Å². The van der Waals surface area contributed by atoms with E-state index in [1.165, 1.54) is 30.3 Å². The number of ether oxygens (including phenoxy) is 1. The summed E-state index contributed by atoms with van der Waals surface area (Å²) in [6, 6.07) is 8.69. The summed E-state index contributed by atoms with van der Waals surface area (Å²) in [5.41, 5.74) is 1.11. The SMILES string of the molecule is CCNCc1cc(F)cc(OCc2cc(Cl)ccc2F)c1. The number of rotatable bonds is 6. The summed E-state index contributed by atoms with van der Waals surface area (Å²) in [4.78, 5) is 0. The van der Waals surface area contributed by atoms with Gasteiger partial charge in [-0.1, -0.05) is 18.5 Å². The zero-order chi connectivity index (χ0) is 15.2. The molecule has 1 N–H and O–H groups in total. The zero-order valence-corrected chi connectivity index (χ0v) is 12.4. The molecule has 0 spiro atoms. The van der Waals surface area contributed by atoms with E-state index >= 15 is 0 Å². The third kappa shape index (κ3) is 4.69. The number of benzene rings is 2. The van der Waals surface area contributed by atoms with Crippen molar-refractivity contribution in [1.82, 2.24) is 5.32 Å². The molecule has 0 amide bonds. The van der Waals surface area contributed by atoms with Crippen LogP contribution in [0.3, 0.4) is 0 Å². The summed E-state index contributed by atoms with van der Waals surface area (Å²) in [6.07, 6.45) is 0. The lowest BCUT2D eigenvalue weighted by atomic mass is 10.2. The van der Waals surface area contributed by atoms with Crippen molar-refractivity contribution in [2.24, 2.45) is 0 Å². The van der Waals surface area contributed by atoms with Crippen LogP contribution in [0.5, 0.6) is 5.75 Å². The minimum atomic E-state index is -0.399. The van der Waals surface area contributed by atoms with Crippen LogP contribution in [0, 0.1) is 11.6 Å². The summed E-state index contributed by atoms with van der Waals surface area (Å²) in [6.45, 7) is 3.31. The molecule has 2 aromatic carbocycles. The van der Waals surface area contributed by atoms with Crippen LogP contribution < -0.4 is 10.1 Å². The van der Waals surface area contributed by atoms with Crippen LogP contribution in [-0.4, -0.2) is 6.54 Å². The Hall–Kier alpha value is -1.65. The maximum atomic E-state index is 13.6. The van der Waals surface area contributed by atoms with Gasteiger partial charge in [0.05, 0.1) is 0 Å². The Balaban J connectivity index is 2.08. The molecule has 0 saturated heterocycles. The molecule has 0 aliphatic heterocycles. The quantitative estimate of drug-likeness (QED) is 0.858. The second kappa shape index (κ2) is 7.38. The van der Waals surface area contributed by atoms with Crippen molar-refractivity contribution in [1.29, 1.82) is 0 Å². The molecule has 0 saturated carbocycles. The Bertz CT molecular complexity index is 619. The van der Waals surface area contributed by atoms with Crippen LogP contribution in [-0.2, 0) is 13.2 Å². The summed E-state index contributed by atoms with van der Waals surface area (Å²) >= 11 is 5.82. The van der Waals surface area contributed by atoms with Crippen molar-refractivity contribution >= 4 is 11.6 Å².